The van der Waals surface area contributed by atoms with Crippen LogP contribution in [0.4, 0.5) is 0 Å². The molecule has 1 unspecified atom stereocenters. The predicted octanol–water partition coefficient (Wildman–Crippen LogP) is 1.97. The maximum atomic E-state index is 11.4. The standard InChI is InChI=1S/C12H14O3/c1-3-11(13)15-12(14)9(2)10-7-5-4-6-8-10/h4-8,11,13H,2-3H2,1H3. The lowest BCUT2D eigenvalue weighted by atomic mass is 10.1. The Kier molecular flexibility index (Phi) is 4.06. The van der Waals surface area contributed by atoms with Crippen molar-refractivity contribution in [1.82, 2.24) is 0 Å². The van der Waals surface area contributed by atoms with E-state index in [4.69, 9.17) is 9.84 Å². The summed E-state index contributed by atoms with van der Waals surface area (Å²) in [4.78, 5) is 11.4. The average Bonchev–Trinajstić information content (AvgIpc) is 2.29. The lowest BCUT2D eigenvalue weighted by Gasteiger charge is -2.10. The minimum Gasteiger partial charge on any atom is -0.432 e. The second-order valence-electron chi connectivity index (χ2n) is 3.11. The predicted molar refractivity (Wildman–Crippen MR) is 57.9 cm³/mol. The molecule has 0 aliphatic heterocycles. The topological polar surface area (TPSA) is 46.5 Å². The van der Waals surface area contributed by atoms with Crippen LogP contribution in [-0.2, 0) is 9.53 Å². The van der Waals surface area contributed by atoms with Crippen LogP contribution in [0.25, 0.3) is 5.57 Å². The second kappa shape index (κ2) is 5.32. The van der Waals surface area contributed by atoms with Gasteiger partial charge in [-0.2, -0.15) is 0 Å². The van der Waals surface area contributed by atoms with Crippen LogP contribution in [0.2, 0.25) is 0 Å². The minimum atomic E-state index is -1.06. The van der Waals surface area contributed by atoms with E-state index >= 15 is 0 Å². The molecular formula is C12H14O3. The SMILES string of the molecule is C=C(C(=O)OC(O)CC)c1ccccc1. The highest BCUT2D eigenvalue weighted by Gasteiger charge is 2.13. The molecule has 1 rings (SSSR count). The van der Waals surface area contributed by atoms with Crippen molar-refractivity contribution in [3.05, 3.63) is 42.5 Å². The molecule has 1 atom stereocenters. The molecule has 0 spiro atoms. The molecule has 1 aromatic carbocycles. The molecule has 0 radical (unpaired) electrons. The van der Waals surface area contributed by atoms with Crippen molar-refractivity contribution in [3.8, 4) is 0 Å². The summed E-state index contributed by atoms with van der Waals surface area (Å²) in [7, 11) is 0. The summed E-state index contributed by atoms with van der Waals surface area (Å²) in [5, 5.41) is 9.14. The number of carbonyl (C=O) groups is 1. The van der Waals surface area contributed by atoms with E-state index in [-0.39, 0.29) is 5.57 Å². The van der Waals surface area contributed by atoms with Crippen molar-refractivity contribution in [2.24, 2.45) is 0 Å². The lowest BCUT2D eigenvalue weighted by molar-refractivity contribution is -0.160. The number of aliphatic hydroxyl groups is 1. The molecule has 3 heteroatoms. The largest absolute Gasteiger partial charge is 0.432 e. The molecule has 0 saturated heterocycles. The van der Waals surface area contributed by atoms with Crippen LogP contribution in [0.1, 0.15) is 18.9 Å². The van der Waals surface area contributed by atoms with Gasteiger partial charge >= 0.3 is 5.97 Å². The van der Waals surface area contributed by atoms with Gasteiger partial charge in [0.1, 0.15) is 0 Å². The van der Waals surface area contributed by atoms with Crippen molar-refractivity contribution in [3.63, 3.8) is 0 Å². The Balaban J connectivity index is 2.66. The van der Waals surface area contributed by atoms with Crippen LogP contribution in [-0.4, -0.2) is 17.4 Å². The highest BCUT2D eigenvalue weighted by molar-refractivity contribution is 6.15. The third kappa shape index (κ3) is 3.22. The fourth-order valence-electron chi connectivity index (χ4n) is 1.04. The maximum absolute atomic E-state index is 11.4. The zero-order chi connectivity index (χ0) is 11.3. The van der Waals surface area contributed by atoms with E-state index in [1.165, 1.54) is 0 Å². The van der Waals surface area contributed by atoms with E-state index in [1.54, 1.807) is 19.1 Å². The number of carbonyl (C=O) groups excluding carboxylic acids is 1. The van der Waals surface area contributed by atoms with Gasteiger partial charge in [-0.15, -0.1) is 0 Å². The monoisotopic (exact) mass is 206 g/mol. The highest BCUT2D eigenvalue weighted by atomic mass is 16.6. The first kappa shape index (κ1) is 11.5. The first-order chi connectivity index (χ1) is 7.15. The number of benzene rings is 1. The van der Waals surface area contributed by atoms with Crippen LogP contribution in [0, 0.1) is 0 Å². The average molecular weight is 206 g/mol. The van der Waals surface area contributed by atoms with Crippen molar-refractivity contribution in [2.45, 2.75) is 19.6 Å². The minimum absolute atomic E-state index is 0.253. The molecule has 3 nitrogen and oxygen atoms in total. The summed E-state index contributed by atoms with van der Waals surface area (Å²) in [6.45, 7) is 5.35. The van der Waals surface area contributed by atoms with Crippen molar-refractivity contribution < 1.29 is 14.6 Å². The molecule has 0 aliphatic carbocycles. The summed E-state index contributed by atoms with van der Waals surface area (Å²) >= 11 is 0. The third-order valence-electron chi connectivity index (χ3n) is 1.96. The zero-order valence-electron chi connectivity index (χ0n) is 8.64. The molecule has 0 aliphatic rings. The van der Waals surface area contributed by atoms with Gasteiger partial charge in [0.05, 0.1) is 5.57 Å². The van der Waals surface area contributed by atoms with Gasteiger partial charge in [0, 0.05) is 6.42 Å². The number of aliphatic hydroxyl groups excluding tert-OH is 1. The van der Waals surface area contributed by atoms with E-state index < -0.39 is 12.3 Å². The lowest BCUT2D eigenvalue weighted by Crippen LogP contribution is -2.17. The Hall–Kier alpha value is -1.61. The Morgan fingerprint density at radius 1 is 1.47 bits per heavy atom. The number of ether oxygens (including phenoxy) is 1. The molecule has 1 N–H and O–H groups in total. The van der Waals surface area contributed by atoms with Crippen LogP contribution in [0.3, 0.4) is 0 Å². The maximum Gasteiger partial charge on any atom is 0.340 e. The first-order valence-electron chi connectivity index (χ1n) is 4.78. The van der Waals surface area contributed by atoms with Gasteiger partial charge in [-0.05, 0) is 5.56 Å². The van der Waals surface area contributed by atoms with E-state index in [2.05, 4.69) is 6.58 Å². The van der Waals surface area contributed by atoms with E-state index in [9.17, 15) is 4.79 Å². The van der Waals surface area contributed by atoms with Gasteiger partial charge < -0.3 is 9.84 Å². The molecule has 0 heterocycles. The Bertz CT molecular complexity index is 343. The normalized spacial score (nSPS) is 11.9. The molecular weight excluding hydrogens is 192 g/mol. The molecule has 80 valence electrons. The third-order valence-corrected chi connectivity index (χ3v) is 1.96. The molecule has 15 heavy (non-hydrogen) atoms. The Labute approximate surface area is 89.0 Å². The van der Waals surface area contributed by atoms with Crippen LogP contribution in [0.5, 0.6) is 0 Å². The number of rotatable bonds is 4. The summed E-state index contributed by atoms with van der Waals surface area (Å²) in [6, 6.07) is 9.00. The zero-order valence-corrected chi connectivity index (χ0v) is 8.64. The summed E-state index contributed by atoms with van der Waals surface area (Å²) in [5.74, 6) is -0.587. The second-order valence-corrected chi connectivity index (χ2v) is 3.11. The summed E-state index contributed by atoms with van der Waals surface area (Å²) in [6.07, 6.45) is -0.689. The van der Waals surface area contributed by atoms with Crippen LogP contribution in [0.15, 0.2) is 36.9 Å². The van der Waals surface area contributed by atoms with Gasteiger partial charge in [0.25, 0.3) is 0 Å². The number of esters is 1. The van der Waals surface area contributed by atoms with Crippen molar-refractivity contribution in [1.29, 1.82) is 0 Å². The van der Waals surface area contributed by atoms with Gasteiger partial charge in [-0.1, -0.05) is 43.8 Å². The molecule has 0 fully saturated rings. The van der Waals surface area contributed by atoms with E-state index in [0.29, 0.717) is 12.0 Å². The molecule has 0 saturated carbocycles. The van der Waals surface area contributed by atoms with Crippen molar-refractivity contribution >= 4 is 11.5 Å². The highest BCUT2D eigenvalue weighted by Crippen LogP contribution is 2.14. The van der Waals surface area contributed by atoms with Crippen LogP contribution >= 0.6 is 0 Å². The summed E-state index contributed by atoms with van der Waals surface area (Å²) < 4.78 is 4.73. The van der Waals surface area contributed by atoms with Gasteiger partial charge in [0.15, 0.2) is 0 Å². The first-order valence-corrected chi connectivity index (χ1v) is 4.78. The fourth-order valence-corrected chi connectivity index (χ4v) is 1.04. The van der Waals surface area contributed by atoms with Gasteiger partial charge in [-0.3, -0.25) is 0 Å². The quantitative estimate of drug-likeness (QED) is 0.465. The number of hydrogen-bond acceptors (Lipinski definition) is 3. The number of hydrogen-bond donors (Lipinski definition) is 1. The van der Waals surface area contributed by atoms with E-state index in [0.717, 1.165) is 0 Å². The van der Waals surface area contributed by atoms with Gasteiger partial charge in [0.2, 0.25) is 6.29 Å². The van der Waals surface area contributed by atoms with Gasteiger partial charge in [-0.25, -0.2) is 4.79 Å². The summed E-state index contributed by atoms with van der Waals surface area (Å²) in [5.41, 5.74) is 0.953. The Morgan fingerprint density at radius 3 is 2.60 bits per heavy atom. The Morgan fingerprint density at radius 2 is 2.07 bits per heavy atom. The fraction of sp³-hybridized carbons (Fsp3) is 0.250. The smallest absolute Gasteiger partial charge is 0.340 e. The van der Waals surface area contributed by atoms with E-state index in [1.807, 2.05) is 18.2 Å². The molecule has 0 bridgehead atoms. The molecule has 0 aromatic heterocycles. The van der Waals surface area contributed by atoms with Crippen LogP contribution < -0.4 is 0 Å². The molecule has 0 amide bonds. The van der Waals surface area contributed by atoms with Crippen molar-refractivity contribution in [2.75, 3.05) is 0 Å². The molecule has 1 aromatic rings.